The molecule has 0 aliphatic rings. The van der Waals surface area contributed by atoms with Crippen LogP contribution in [0.1, 0.15) is 5.56 Å². The van der Waals surface area contributed by atoms with Crippen LogP contribution in [0.25, 0.3) is 10.8 Å². The number of hydrogen-bond donors (Lipinski definition) is 0. The second kappa shape index (κ2) is 5.04. The normalized spacial score (nSPS) is 13.4. The maximum atomic E-state index is 12.8. The lowest BCUT2D eigenvalue weighted by molar-refractivity contribution is -0.136. The second-order valence-corrected chi connectivity index (χ2v) is 5.71. The number of halogens is 6. The van der Waals surface area contributed by atoms with Crippen molar-refractivity contribution in [3.8, 4) is 5.75 Å². The molecule has 0 spiro atoms. The highest BCUT2D eigenvalue weighted by atomic mass is 32.2. The fourth-order valence-corrected chi connectivity index (χ4v) is 2.18. The van der Waals surface area contributed by atoms with E-state index in [1.807, 2.05) is 0 Å². The number of benzene rings is 2. The van der Waals surface area contributed by atoms with Crippen LogP contribution in [0, 0.1) is 0 Å². The van der Waals surface area contributed by atoms with Gasteiger partial charge in [-0.15, -0.1) is 0 Å². The fourth-order valence-electron chi connectivity index (χ4n) is 1.72. The Kier molecular flexibility index (Phi) is 3.76. The average Bonchev–Trinajstić information content (AvgIpc) is 2.35. The van der Waals surface area contributed by atoms with Gasteiger partial charge in [0.05, 0.1) is 5.56 Å². The van der Waals surface area contributed by atoms with Crippen LogP contribution in [-0.2, 0) is 16.3 Å². The van der Waals surface area contributed by atoms with E-state index in [0.717, 1.165) is 24.3 Å². The summed E-state index contributed by atoms with van der Waals surface area (Å²) in [4.78, 5) is 0. The molecule has 0 atom stereocenters. The highest BCUT2D eigenvalue weighted by Crippen LogP contribution is 2.37. The molecule has 0 N–H and O–H groups in total. The summed E-state index contributed by atoms with van der Waals surface area (Å²) in [5.74, 6) is -0.860. The van der Waals surface area contributed by atoms with Gasteiger partial charge in [-0.05, 0) is 29.0 Å². The molecule has 120 valence electrons. The topological polar surface area (TPSA) is 43.4 Å². The zero-order valence-corrected chi connectivity index (χ0v) is 11.2. The molecule has 0 aromatic heterocycles. The molecule has 0 bridgehead atoms. The number of hydrogen-bond acceptors (Lipinski definition) is 3. The lowest BCUT2D eigenvalue weighted by atomic mass is 10.0. The fraction of sp³-hybridized carbons (Fsp3) is 0.167. The van der Waals surface area contributed by atoms with E-state index in [0.29, 0.717) is 6.07 Å². The summed E-state index contributed by atoms with van der Waals surface area (Å²) in [7, 11) is -5.95. The second-order valence-electron chi connectivity index (χ2n) is 4.17. The van der Waals surface area contributed by atoms with E-state index in [-0.39, 0.29) is 5.39 Å². The largest absolute Gasteiger partial charge is 0.534 e. The Morgan fingerprint density at radius 1 is 0.909 bits per heavy atom. The summed E-state index contributed by atoms with van der Waals surface area (Å²) >= 11 is 0. The van der Waals surface area contributed by atoms with Crippen LogP contribution in [-0.4, -0.2) is 13.9 Å². The van der Waals surface area contributed by atoms with E-state index in [1.165, 1.54) is 6.07 Å². The van der Waals surface area contributed by atoms with E-state index in [4.69, 9.17) is 0 Å². The first kappa shape index (κ1) is 16.4. The van der Waals surface area contributed by atoms with Crippen molar-refractivity contribution in [1.82, 2.24) is 0 Å². The SMILES string of the molecule is O=S(=O)(Oc1ccc2cccc(C(F)(F)F)c2c1)C(F)(F)F. The zero-order valence-electron chi connectivity index (χ0n) is 10.4. The molecule has 0 aliphatic carbocycles. The van der Waals surface area contributed by atoms with Gasteiger partial charge in [0, 0.05) is 0 Å². The molecule has 2 aromatic rings. The molecule has 0 saturated carbocycles. The maximum Gasteiger partial charge on any atom is 0.534 e. The Hall–Kier alpha value is -1.97. The molecule has 0 heterocycles. The van der Waals surface area contributed by atoms with Gasteiger partial charge < -0.3 is 4.18 Å². The molecule has 0 fully saturated rings. The van der Waals surface area contributed by atoms with E-state index in [2.05, 4.69) is 4.18 Å². The van der Waals surface area contributed by atoms with E-state index < -0.39 is 38.5 Å². The van der Waals surface area contributed by atoms with Crippen molar-refractivity contribution in [2.24, 2.45) is 0 Å². The van der Waals surface area contributed by atoms with Crippen LogP contribution in [0.4, 0.5) is 26.3 Å². The Balaban J connectivity index is 2.56. The molecule has 2 aromatic carbocycles. The Morgan fingerprint density at radius 2 is 1.55 bits per heavy atom. The molecule has 0 aliphatic heterocycles. The van der Waals surface area contributed by atoms with Gasteiger partial charge in [0.2, 0.25) is 0 Å². The smallest absolute Gasteiger partial charge is 0.376 e. The summed E-state index contributed by atoms with van der Waals surface area (Å²) in [5.41, 5.74) is -6.79. The maximum absolute atomic E-state index is 12.8. The summed E-state index contributed by atoms with van der Waals surface area (Å²) in [6.07, 6.45) is -4.75. The first-order valence-corrected chi connectivity index (χ1v) is 6.93. The number of alkyl halides is 6. The molecule has 3 nitrogen and oxygen atoms in total. The van der Waals surface area contributed by atoms with Crippen LogP contribution in [0.15, 0.2) is 36.4 Å². The minimum absolute atomic E-state index is 0.0755. The minimum atomic E-state index is -5.95. The van der Waals surface area contributed by atoms with Gasteiger partial charge in [-0.2, -0.15) is 34.8 Å². The predicted octanol–water partition coefficient (Wildman–Crippen LogP) is 4.09. The Morgan fingerprint density at radius 3 is 2.09 bits per heavy atom. The van der Waals surface area contributed by atoms with Crippen LogP contribution in [0.5, 0.6) is 5.75 Å². The van der Waals surface area contributed by atoms with E-state index >= 15 is 0 Å². The van der Waals surface area contributed by atoms with Crippen molar-refractivity contribution in [1.29, 1.82) is 0 Å². The van der Waals surface area contributed by atoms with E-state index in [9.17, 15) is 34.8 Å². The molecule has 10 heteroatoms. The Bertz CT molecular complexity index is 808. The number of fused-ring (bicyclic) bond motifs is 1. The van der Waals surface area contributed by atoms with E-state index in [1.54, 1.807) is 0 Å². The van der Waals surface area contributed by atoms with Crippen LogP contribution in [0.3, 0.4) is 0 Å². The quantitative estimate of drug-likeness (QED) is 0.468. The first-order chi connectivity index (χ1) is 9.92. The van der Waals surface area contributed by atoms with Gasteiger partial charge >= 0.3 is 21.8 Å². The molecule has 0 unspecified atom stereocenters. The van der Waals surface area contributed by atoms with Crippen molar-refractivity contribution in [3.63, 3.8) is 0 Å². The summed E-state index contributed by atoms with van der Waals surface area (Å²) < 4.78 is 101. The third-order valence-electron chi connectivity index (χ3n) is 2.65. The first-order valence-electron chi connectivity index (χ1n) is 5.52. The van der Waals surface area contributed by atoms with Crippen LogP contribution in [0.2, 0.25) is 0 Å². The lowest BCUT2D eigenvalue weighted by Gasteiger charge is -2.13. The molecular weight excluding hydrogens is 338 g/mol. The summed E-state index contributed by atoms with van der Waals surface area (Å²) in [6, 6.07) is 5.62. The molecule has 0 amide bonds. The summed E-state index contributed by atoms with van der Waals surface area (Å²) in [5, 5.41) is -0.392. The van der Waals surface area contributed by atoms with Crippen molar-refractivity contribution in [2.75, 3.05) is 0 Å². The zero-order chi connectivity index (χ0) is 16.8. The molecule has 0 saturated heterocycles. The molecule has 22 heavy (non-hydrogen) atoms. The third-order valence-corrected chi connectivity index (χ3v) is 3.63. The van der Waals surface area contributed by atoms with Gasteiger partial charge in [-0.3, -0.25) is 0 Å². The monoisotopic (exact) mass is 344 g/mol. The van der Waals surface area contributed by atoms with Gasteiger partial charge in [0.15, 0.2) is 0 Å². The standard InChI is InChI=1S/C12H6F6O3S/c13-11(14,15)10-3-1-2-7-4-5-8(6-9(7)10)21-22(19,20)12(16,17)18/h1-6H. The van der Waals surface area contributed by atoms with Gasteiger partial charge in [-0.25, -0.2) is 0 Å². The average molecular weight is 344 g/mol. The van der Waals surface area contributed by atoms with Crippen LogP contribution >= 0.6 is 0 Å². The van der Waals surface area contributed by atoms with Crippen molar-refractivity contribution >= 4 is 20.9 Å². The highest BCUT2D eigenvalue weighted by molar-refractivity contribution is 7.88. The van der Waals surface area contributed by atoms with Crippen molar-refractivity contribution in [2.45, 2.75) is 11.7 Å². The number of rotatable bonds is 2. The predicted molar refractivity (Wildman–Crippen MR) is 64.6 cm³/mol. The van der Waals surface area contributed by atoms with Gasteiger partial charge in [-0.1, -0.05) is 18.2 Å². The Labute approximate surface area is 120 Å². The van der Waals surface area contributed by atoms with Crippen molar-refractivity contribution < 1.29 is 38.9 Å². The molecule has 0 radical (unpaired) electrons. The minimum Gasteiger partial charge on any atom is -0.376 e. The summed E-state index contributed by atoms with van der Waals surface area (Å²) in [6.45, 7) is 0. The van der Waals surface area contributed by atoms with Gasteiger partial charge in [0.25, 0.3) is 0 Å². The van der Waals surface area contributed by atoms with Gasteiger partial charge in [0.1, 0.15) is 5.75 Å². The third kappa shape index (κ3) is 3.11. The van der Waals surface area contributed by atoms with Crippen LogP contribution < -0.4 is 4.18 Å². The molecular formula is C12H6F6O3S. The highest BCUT2D eigenvalue weighted by Gasteiger charge is 2.48. The van der Waals surface area contributed by atoms with Crippen molar-refractivity contribution in [3.05, 3.63) is 42.0 Å². The molecule has 2 rings (SSSR count). The lowest BCUT2D eigenvalue weighted by Crippen LogP contribution is -2.28.